The van der Waals surface area contributed by atoms with E-state index < -0.39 is 5.82 Å². The fourth-order valence-electron chi connectivity index (χ4n) is 3.05. The molecule has 0 atom stereocenters. The lowest BCUT2D eigenvalue weighted by Crippen LogP contribution is -2.47. The predicted octanol–water partition coefficient (Wildman–Crippen LogP) is 2.51. The lowest BCUT2D eigenvalue weighted by atomic mass is 10.0. The molecule has 2 heterocycles. The van der Waals surface area contributed by atoms with Crippen LogP contribution in [-0.4, -0.2) is 53.3 Å². The number of rotatable bonds is 7. The minimum Gasteiger partial charge on any atom is -0.472 e. The smallest absolute Gasteiger partial charge is 0.257 e. The van der Waals surface area contributed by atoms with Gasteiger partial charge in [0.05, 0.1) is 29.0 Å². The van der Waals surface area contributed by atoms with Crippen LogP contribution >= 0.6 is 11.8 Å². The van der Waals surface area contributed by atoms with Crippen molar-refractivity contribution in [2.45, 2.75) is 18.9 Å². The second-order valence-electron chi connectivity index (χ2n) is 6.67. The molecule has 0 aliphatic carbocycles. The molecule has 0 spiro atoms. The Bertz CT molecular complexity index is 851. The van der Waals surface area contributed by atoms with Gasteiger partial charge in [-0.15, -0.1) is 11.8 Å². The van der Waals surface area contributed by atoms with Crippen LogP contribution in [0.2, 0.25) is 0 Å². The van der Waals surface area contributed by atoms with Gasteiger partial charge in [-0.2, -0.15) is 0 Å². The third-order valence-electron chi connectivity index (χ3n) is 4.53. The number of hydrogen-bond donors (Lipinski definition) is 2. The van der Waals surface area contributed by atoms with Crippen LogP contribution in [0.25, 0.3) is 0 Å². The SMILES string of the molecule is O=C(CSCC(=O)NC1CCN(C(=O)c2ccoc2)CC1)Nc1ccccc1F. The number of hydrogen-bond acceptors (Lipinski definition) is 5. The van der Waals surface area contributed by atoms with Crippen molar-refractivity contribution in [3.8, 4) is 0 Å². The van der Waals surface area contributed by atoms with Crippen molar-refractivity contribution in [2.75, 3.05) is 29.9 Å². The van der Waals surface area contributed by atoms with Gasteiger partial charge in [-0.1, -0.05) is 12.1 Å². The zero-order valence-electron chi connectivity index (χ0n) is 15.7. The van der Waals surface area contributed by atoms with Gasteiger partial charge in [0.1, 0.15) is 12.1 Å². The van der Waals surface area contributed by atoms with E-state index in [0.29, 0.717) is 31.5 Å². The van der Waals surface area contributed by atoms with E-state index in [1.807, 2.05) is 0 Å². The first kappa shape index (κ1) is 20.9. The number of furan rings is 1. The van der Waals surface area contributed by atoms with Gasteiger partial charge < -0.3 is 20.0 Å². The van der Waals surface area contributed by atoms with Crippen LogP contribution < -0.4 is 10.6 Å². The molecule has 0 bridgehead atoms. The molecule has 0 radical (unpaired) electrons. The van der Waals surface area contributed by atoms with Crippen LogP contribution in [0.4, 0.5) is 10.1 Å². The van der Waals surface area contributed by atoms with E-state index in [9.17, 15) is 18.8 Å². The Hall–Kier alpha value is -2.81. The lowest BCUT2D eigenvalue weighted by molar-refractivity contribution is -0.119. The molecule has 3 rings (SSSR count). The number of anilines is 1. The van der Waals surface area contributed by atoms with Crippen LogP contribution in [-0.2, 0) is 9.59 Å². The monoisotopic (exact) mass is 419 g/mol. The van der Waals surface area contributed by atoms with Crippen LogP contribution in [0.1, 0.15) is 23.2 Å². The molecule has 1 aromatic heterocycles. The zero-order chi connectivity index (χ0) is 20.6. The maximum atomic E-state index is 13.5. The quantitative estimate of drug-likeness (QED) is 0.720. The third-order valence-corrected chi connectivity index (χ3v) is 5.46. The Morgan fingerprint density at radius 2 is 1.83 bits per heavy atom. The number of carbonyl (C=O) groups is 3. The number of benzene rings is 1. The molecule has 1 saturated heterocycles. The van der Waals surface area contributed by atoms with E-state index in [4.69, 9.17) is 4.42 Å². The maximum Gasteiger partial charge on any atom is 0.257 e. The molecule has 29 heavy (non-hydrogen) atoms. The Morgan fingerprint density at radius 3 is 2.52 bits per heavy atom. The minimum absolute atomic E-state index is 0.00346. The largest absolute Gasteiger partial charge is 0.472 e. The summed E-state index contributed by atoms with van der Waals surface area (Å²) in [5, 5.41) is 5.42. The van der Waals surface area contributed by atoms with E-state index >= 15 is 0 Å². The molecule has 2 N–H and O–H groups in total. The molecule has 9 heteroatoms. The van der Waals surface area contributed by atoms with Crippen molar-refractivity contribution in [2.24, 2.45) is 0 Å². The highest BCUT2D eigenvalue weighted by Gasteiger charge is 2.25. The number of amides is 3. The van der Waals surface area contributed by atoms with E-state index in [-0.39, 0.29) is 41.0 Å². The van der Waals surface area contributed by atoms with Gasteiger partial charge in [0, 0.05) is 19.1 Å². The summed E-state index contributed by atoms with van der Waals surface area (Å²) in [7, 11) is 0. The number of nitrogens with zero attached hydrogens (tertiary/aromatic N) is 1. The number of halogens is 1. The summed E-state index contributed by atoms with van der Waals surface area (Å²) in [5.41, 5.74) is 0.650. The van der Waals surface area contributed by atoms with Crippen molar-refractivity contribution in [1.82, 2.24) is 10.2 Å². The average Bonchev–Trinajstić information content (AvgIpc) is 3.25. The number of nitrogens with one attached hydrogen (secondary N) is 2. The molecule has 2 aromatic rings. The Labute approximate surface area is 172 Å². The molecule has 1 aliphatic heterocycles. The molecular weight excluding hydrogens is 397 g/mol. The highest BCUT2D eigenvalue weighted by Crippen LogP contribution is 2.15. The summed E-state index contributed by atoms with van der Waals surface area (Å²) < 4.78 is 18.4. The second-order valence-corrected chi connectivity index (χ2v) is 7.65. The Balaban J connectivity index is 1.32. The molecule has 1 aliphatic rings. The topological polar surface area (TPSA) is 91.7 Å². The van der Waals surface area contributed by atoms with E-state index in [2.05, 4.69) is 10.6 Å². The molecule has 3 amide bonds. The summed E-state index contributed by atoms with van der Waals surface area (Å²) in [5.74, 6) is -0.897. The van der Waals surface area contributed by atoms with Crippen LogP contribution in [0.5, 0.6) is 0 Å². The summed E-state index contributed by atoms with van der Waals surface area (Å²) >= 11 is 1.17. The first-order valence-corrected chi connectivity index (χ1v) is 10.4. The first-order chi connectivity index (χ1) is 14.0. The van der Waals surface area contributed by atoms with Crippen molar-refractivity contribution >= 4 is 35.2 Å². The van der Waals surface area contributed by atoms with Gasteiger partial charge in [-0.3, -0.25) is 14.4 Å². The van der Waals surface area contributed by atoms with Gasteiger partial charge in [0.2, 0.25) is 11.8 Å². The molecule has 7 nitrogen and oxygen atoms in total. The molecular formula is C20H22FN3O4S. The summed E-state index contributed by atoms with van der Waals surface area (Å²) in [6, 6.07) is 7.56. The molecule has 1 fully saturated rings. The Kier molecular flexibility index (Phi) is 7.29. The number of para-hydroxylation sites is 1. The van der Waals surface area contributed by atoms with E-state index in [1.165, 1.54) is 36.4 Å². The van der Waals surface area contributed by atoms with Gasteiger partial charge >= 0.3 is 0 Å². The zero-order valence-corrected chi connectivity index (χ0v) is 16.5. The van der Waals surface area contributed by atoms with E-state index in [1.54, 1.807) is 23.1 Å². The number of thioether (sulfide) groups is 1. The fourth-order valence-corrected chi connectivity index (χ4v) is 3.68. The predicted molar refractivity (Wildman–Crippen MR) is 108 cm³/mol. The van der Waals surface area contributed by atoms with Crippen molar-refractivity contribution in [3.63, 3.8) is 0 Å². The molecule has 1 aromatic carbocycles. The van der Waals surface area contributed by atoms with Crippen LogP contribution in [0.15, 0.2) is 47.3 Å². The molecule has 0 saturated carbocycles. The molecule has 154 valence electrons. The summed E-state index contributed by atoms with van der Waals surface area (Å²) in [6.07, 6.45) is 4.24. The molecule has 0 unspecified atom stereocenters. The normalized spacial score (nSPS) is 14.4. The number of likely N-dealkylation sites (tertiary alicyclic amines) is 1. The highest BCUT2D eigenvalue weighted by molar-refractivity contribution is 8.00. The Morgan fingerprint density at radius 1 is 1.10 bits per heavy atom. The van der Waals surface area contributed by atoms with Crippen LogP contribution in [0, 0.1) is 5.82 Å². The summed E-state index contributed by atoms with van der Waals surface area (Å²) in [6.45, 7) is 1.13. The highest BCUT2D eigenvalue weighted by atomic mass is 32.2. The van der Waals surface area contributed by atoms with Gasteiger partial charge in [0.15, 0.2) is 0 Å². The third kappa shape index (κ3) is 6.08. The second kappa shape index (κ2) is 10.1. The van der Waals surface area contributed by atoms with Crippen LogP contribution in [0.3, 0.4) is 0 Å². The standard InChI is InChI=1S/C20H22FN3O4S/c21-16-3-1-2-4-17(16)23-19(26)13-29-12-18(25)22-15-5-8-24(9-6-15)20(27)14-7-10-28-11-14/h1-4,7,10-11,15H,5-6,8-9,12-13H2,(H,22,25)(H,23,26). The lowest BCUT2D eigenvalue weighted by Gasteiger charge is -2.32. The first-order valence-electron chi connectivity index (χ1n) is 9.26. The van der Waals surface area contributed by atoms with Crippen molar-refractivity contribution in [1.29, 1.82) is 0 Å². The maximum absolute atomic E-state index is 13.5. The average molecular weight is 419 g/mol. The van der Waals surface area contributed by atoms with Gasteiger partial charge in [-0.05, 0) is 31.0 Å². The van der Waals surface area contributed by atoms with Crippen molar-refractivity contribution < 1.29 is 23.2 Å². The van der Waals surface area contributed by atoms with E-state index in [0.717, 1.165) is 0 Å². The van der Waals surface area contributed by atoms with Gasteiger partial charge in [0.25, 0.3) is 5.91 Å². The minimum atomic E-state index is -0.499. The fraction of sp³-hybridized carbons (Fsp3) is 0.350. The van der Waals surface area contributed by atoms with Crippen molar-refractivity contribution in [3.05, 3.63) is 54.2 Å². The number of carbonyl (C=O) groups excluding carboxylic acids is 3. The van der Waals surface area contributed by atoms with Gasteiger partial charge in [-0.25, -0.2) is 4.39 Å². The summed E-state index contributed by atoms with van der Waals surface area (Å²) in [4.78, 5) is 38.0. The number of piperidine rings is 1.